The van der Waals surface area contributed by atoms with E-state index in [2.05, 4.69) is 86.3 Å². The van der Waals surface area contributed by atoms with Gasteiger partial charge in [-0.2, -0.15) is 0 Å². The van der Waals surface area contributed by atoms with Gasteiger partial charge in [0, 0.05) is 10.5 Å². The van der Waals surface area contributed by atoms with Crippen LogP contribution in [0.1, 0.15) is 58.8 Å². The van der Waals surface area contributed by atoms with Crippen molar-refractivity contribution in [2.45, 2.75) is 101 Å². The molecule has 1 saturated carbocycles. The molecule has 9 atom stereocenters. The molecular weight excluding hydrogens is 667 g/mol. The summed E-state index contributed by atoms with van der Waals surface area (Å²) in [5, 5.41) is 6.29. The molecule has 272 valence electrons. The van der Waals surface area contributed by atoms with E-state index in [1.54, 1.807) is 0 Å². The normalized spacial score (nSPS) is 29.7. The summed E-state index contributed by atoms with van der Waals surface area (Å²) in [7, 11) is -1.65. The number of hydrogen-bond donors (Lipinski definition) is 0. The van der Waals surface area contributed by atoms with Crippen molar-refractivity contribution in [3.05, 3.63) is 107 Å². The molecule has 5 unspecified atom stereocenters. The number of azide groups is 1. The highest BCUT2D eigenvalue weighted by Gasteiger charge is 2.55. The number of carbonyl (C=O) groups is 1. The minimum Gasteiger partial charge on any atom is -0.467 e. The van der Waals surface area contributed by atoms with Crippen LogP contribution in [-0.2, 0) is 37.6 Å². The number of rotatable bonds is 11. The van der Waals surface area contributed by atoms with Gasteiger partial charge in [0.25, 0.3) is 8.32 Å². The summed E-state index contributed by atoms with van der Waals surface area (Å²) in [6.07, 6.45) is -2.02. The zero-order valence-corrected chi connectivity index (χ0v) is 31.0. The van der Waals surface area contributed by atoms with Crippen LogP contribution in [0.25, 0.3) is 10.4 Å². The van der Waals surface area contributed by atoms with Gasteiger partial charge in [-0.3, -0.25) is 0 Å². The second-order valence-corrected chi connectivity index (χ2v) is 18.8. The van der Waals surface area contributed by atoms with Crippen LogP contribution in [-0.4, -0.2) is 77.5 Å². The fourth-order valence-electron chi connectivity index (χ4n) is 7.79. The Morgan fingerprint density at radius 3 is 2.14 bits per heavy atom. The average molecular weight is 716 g/mol. The Morgan fingerprint density at radius 1 is 0.922 bits per heavy atom. The smallest absolute Gasteiger partial charge is 0.331 e. The second kappa shape index (κ2) is 16.4. The summed E-state index contributed by atoms with van der Waals surface area (Å²) in [5.74, 6) is -0.402. The van der Waals surface area contributed by atoms with Crippen LogP contribution in [0.3, 0.4) is 0 Å². The highest BCUT2D eigenvalue weighted by molar-refractivity contribution is 6.99. The van der Waals surface area contributed by atoms with E-state index in [4.69, 9.17) is 32.8 Å². The lowest BCUT2D eigenvalue weighted by molar-refractivity contribution is -0.353. The third-order valence-corrected chi connectivity index (χ3v) is 15.3. The van der Waals surface area contributed by atoms with E-state index < -0.39 is 57.3 Å². The Labute approximate surface area is 301 Å². The molecule has 0 bridgehead atoms. The summed E-state index contributed by atoms with van der Waals surface area (Å²) in [4.78, 5) is 15.5. The largest absolute Gasteiger partial charge is 0.467 e. The second-order valence-electron chi connectivity index (χ2n) is 14.6. The van der Waals surface area contributed by atoms with Crippen molar-refractivity contribution in [1.82, 2.24) is 0 Å². The first kappa shape index (κ1) is 37.2. The van der Waals surface area contributed by atoms with Crippen molar-refractivity contribution in [3.8, 4) is 0 Å². The highest BCUT2D eigenvalue weighted by Crippen LogP contribution is 2.43. The minimum absolute atomic E-state index is 0.166. The molecule has 3 aromatic rings. The number of nitrogens with zero attached hydrogens (tertiary/aromatic N) is 3. The zero-order valence-electron chi connectivity index (χ0n) is 30.0. The van der Waals surface area contributed by atoms with E-state index in [0.29, 0.717) is 0 Å². The van der Waals surface area contributed by atoms with Crippen molar-refractivity contribution >= 4 is 24.7 Å². The minimum atomic E-state index is -2.95. The van der Waals surface area contributed by atoms with Gasteiger partial charge in [0.1, 0.15) is 31.0 Å². The Hall–Kier alpha value is -3.58. The monoisotopic (exact) mass is 715 g/mol. The van der Waals surface area contributed by atoms with Crippen LogP contribution in [0.4, 0.5) is 0 Å². The highest BCUT2D eigenvalue weighted by atomic mass is 28.4. The summed E-state index contributed by atoms with van der Waals surface area (Å²) in [6.45, 7) is 8.82. The molecule has 12 heteroatoms. The third-order valence-electron chi connectivity index (χ3n) is 10.3. The van der Waals surface area contributed by atoms with Gasteiger partial charge in [0.05, 0.1) is 25.9 Å². The average Bonchev–Trinajstić information content (AvgIpc) is 3.15. The molecule has 51 heavy (non-hydrogen) atoms. The Morgan fingerprint density at radius 2 is 1.55 bits per heavy atom. The predicted molar refractivity (Wildman–Crippen MR) is 194 cm³/mol. The number of hydrogen-bond acceptors (Lipinski definition) is 9. The molecule has 0 amide bonds. The molecule has 3 aliphatic rings. The first-order chi connectivity index (χ1) is 24.7. The Bertz CT molecular complexity index is 1580. The van der Waals surface area contributed by atoms with Gasteiger partial charge in [-0.25, -0.2) is 4.79 Å². The first-order valence-corrected chi connectivity index (χ1v) is 19.7. The zero-order chi connectivity index (χ0) is 36.0. The van der Waals surface area contributed by atoms with E-state index in [1.165, 1.54) is 17.5 Å². The van der Waals surface area contributed by atoms with Crippen LogP contribution in [0, 0.1) is 5.92 Å². The quantitative estimate of drug-likeness (QED) is 0.0753. The number of carbonyl (C=O) groups excluding carboxylic acids is 1. The Balaban J connectivity index is 1.34. The number of ether oxygens (including phenoxy) is 6. The lowest BCUT2D eigenvalue weighted by Gasteiger charge is -2.51. The third kappa shape index (κ3) is 7.94. The van der Waals surface area contributed by atoms with Crippen LogP contribution >= 0.6 is 0 Å². The van der Waals surface area contributed by atoms with E-state index in [0.717, 1.165) is 24.8 Å². The molecule has 1 aliphatic carbocycles. The molecule has 3 aromatic carbocycles. The topological polar surface area (TPSA) is 130 Å². The summed E-state index contributed by atoms with van der Waals surface area (Å²) >= 11 is 0. The molecule has 2 heterocycles. The molecule has 3 fully saturated rings. The van der Waals surface area contributed by atoms with Crippen molar-refractivity contribution in [1.29, 1.82) is 0 Å². The lowest BCUT2D eigenvalue weighted by atomic mass is 9.85. The molecular formula is C39H49N3O8Si. The van der Waals surface area contributed by atoms with Crippen LogP contribution < -0.4 is 10.4 Å². The lowest BCUT2D eigenvalue weighted by Crippen LogP contribution is -2.69. The SMILES string of the molecule is COC(=O)CO[C@@H]1C(N=[N+]=[N-])C(OC2CCC[C@H](C)[C@H]2O[Si](c2ccccc2)(c2ccccc2)C(C)(C)C)OC2COC(c3ccccc3)O[C@@H]21. The number of esters is 1. The maximum Gasteiger partial charge on any atom is 0.331 e. The molecule has 0 aromatic heterocycles. The molecule has 11 nitrogen and oxygen atoms in total. The predicted octanol–water partition coefficient (Wildman–Crippen LogP) is 6.21. The summed E-state index contributed by atoms with van der Waals surface area (Å²) in [5.41, 5.74) is 10.6. The standard InChI is InChI=1S/C39H49N3O8Si/c1-26-16-15-23-30(34(26)50-51(39(2,3)4,28-19-11-7-12-20-28)29-21-13-8-14-22-29)47-38-33(41-42-40)36(45-25-32(43)44-5)35-31(48-38)24-46-37(49-35)27-17-9-6-10-18-27/h6-14,17-22,26,30-31,33-38H,15-16,23-25H2,1-5H3/t26-,30?,31?,33?,34+,35-,36+,37?,38?/m0/s1. The fraction of sp³-hybridized carbons (Fsp3) is 0.513. The van der Waals surface area contributed by atoms with E-state index in [-0.39, 0.29) is 30.3 Å². The fourth-order valence-corrected chi connectivity index (χ4v) is 12.6. The number of methoxy groups -OCH3 is 1. The molecule has 0 radical (unpaired) electrons. The summed E-state index contributed by atoms with van der Waals surface area (Å²) < 4.78 is 44.8. The molecule has 0 spiro atoms. The molecule has 6 rings (SSSR count). The maximum atomic E-state index is 12.3. The molecule has 2 saturated heterocycles. The van der Waals surface area contributed by atoms with Crippen molar-refractivity contribution in [2.75, 3.05) is 20.3 Å². The molecule has 2 aliphatic heterocycles. The van der Waals surface area contributed by atoms with Crippen molar-refractivity contribution in [2.24, 2.45) is 11.0 Å². The summed E-state index contributed by atoms with van der Waals surface area (Å²) in [6, 6.07) is 29.7. The number of benzene rings is 3. The van der Waals surface area contributed by atoms with Gasteiger partial charge in [0.2, 0.25) is 0 Å². The van der Waals surface area contributed by atoms with Gasteiger partial charge >= 0.3 is 5.97 Å². The van der Waals surface area contributed by atoms with E-state index in [1.807, 2.05) is 42.5 Å². The van der Waals surface area contributed by atoms with Crippen LogP contribution in [0.15, 0.2) is 96.1 Å². The van der Waals surface area contributed by atoms with Gasteiger partial charge in [0.15, 0.2) is 12.6 Å². The van der Waals surface area contributed by atoms with Gasteiger partial charge < -0.3 is 32.8 Å². The van der Waals surface area contributed by atoms with Crippen LogP contribution in [0.2, 0.25) is 5.04 Å². The van der Waals surface area contributed by atoms with Gasteiger partial charge in [-0.05, 0) is 39.7 Å². The van der Waals surface area contributed by atoms with Gasteiger partial charge in [-0.1, -0.05) is 130 Å². The van der Waals surface area contributed by atoms with E-state index >= 15 is 0 Å². The molecule has 0 N–H and O–H groups in total. The van der Waals surface area contributed by atoms with Crippen molar-refractivity contribution < 1.29 is 37.6 Å². The number of fused-ring (bicyclic) bond motifs is 1. The van der Waals surface area contributed by atoms with Crippen molar-refractivity contribution in [3.63, 3.8) is 0 Å². The first-order valence-electron chi connectivity index (χ1n) is 17.8. The van der Waals surface area contributed by atoms with Crippen LogP contribution in [0.5, 0.6) is 0 Å². The van der Waals surface area contributed by atoms with Gasteiger partial charge in [-0.15, -0.1) is 0 Å². The maximum absolute atomic E-state index is 12.3. The van der Waals surface area contributed by atoms with E-state index in [9.17, 15) is 10.3 Å². The Kier molecular flexibility index (Phi) is 12.0.